The first-order valence-electron chi connectivity index (χ1n) is 13.6. The Bertz CT molecular complexity index is 1360. The van der Waals surface area contributed by atoms with Gasteiger partial charge in [-0.3, -0.25) is 14.6 Å². The van der Waals surface area contributed by atoms with Crippen LogP contribution >= 0.6 is 0 Å². The van der Waals surface area contributed by atoms with Gasteiger partial charge in [0.2, 0.25) is 11.8 Å². The molecule has 4 rings (SSSR count). The lowest BCUT2D eigenvalue weighted by atomic mass is 9.83. The van der Waals surface area contributed by atoms with Crippen LogP contribution in [-0.2, 0) is 9.59 Å². The second-order valence-electron chi connectivity index (χ2n) is 10.4. The molecule has 41 heavy (non-hydrogen) atoms. The summed E-state index contributed by atoms with van der Waals surface area (Å²) >= 11 is 0. The fourth-order valence-electron chi connectivity index (χ4n) is 5.34. The predicted octanol–water partition coefficient (Wildman–Crippen LogP) is 6.36. The van der Waals surface area contributed by atoms with Gasteiger partial charge >= 0.3 is 6.09 Å². The molecule has 0 saturated heterocycles. The lowest BCUT2D eigenvalue weighted by Crippen LogP contribution is -2.38. The van der Waals surface area contributed by atoms with E-state index in [1.807, 2.05) is 48.8 Å². The van der Waals surface area contributed by atoms with Gasteiger partial charge in [-0.15, -0.1) is 0 Å². The van der Waals surface area contributed by atoms with Gasteiger partial charge in [-0.05, 0) is 48.8 Å². The number of aromatic nitrogens is 1. The van der Waals surface area contributed by atoms with Crippen LogP contribution in [0.1, 0.15) is 50.6 Å². The Morgan fingerprint density at radius 1 is 1.00 bits per heavy atom. The first-order valence-corrected chi connectivity index (χ1v) is 13.6. The molecule has 0 spiro atoms. The summed E-state index contributed by atoms with van der Waals surface area (Å²) in [6, 6.07) is 16.1. The zero-order valence-corrected chi connectivity index (χ0v) is 23.0. The van der Waals surface area contributed by atoms with Crippen molar-refractivity contribution in [3.63, 3.8) is 0 Å². The maximum absolute atomic E-state index is 13.4. The van der Waals surface area contributed by atoms with Crippen LogP contribution < -0.4 is 10.6 Å². The summed E-state index contributed by atoms with van der Waals surface area (Å²) in [5, 5.41) is 13.7. The second-order valence-corrected chi connectivity index (χ2v) is 10.4. The van der Waals surface area contributed by atoms with Crippen LogP contribution in [0, 0.1) is 5.92 Å². The molecule has 0 aliphatic heterocycles. The van der Waals surface area contributed by atoms with Crippen LogP contribution in [0.15, 0.2) is 66.9 Å². The molecule has 216 valence electrons. The van der Waals surface area contributed by atoms with E-state index < -0.39 is 18.6 Å². The van der Waals surface area contributed by atoms with Crippen LogP contribution in [0.4, 0.5) is 19.3 Å². The van der Waals surface area contributed by atoms with Crippen molar-refractivity contribution in [2.24, 2.45) is 5.92 Å². The quantitative estimate of drug-likeness (QED) is 0.280. The third-order valence-electron chi connectivity index (χ3n) is 7.67. The van der Waals surface area contributed by atoms with E-state index in [9.17, 15) is 23.2 Å². The van der Waals surface area contributed by atoms with Gasteiger partial charge in [0.1, 0.15) is 6.04 Å². The van der Waals surface area contributed by atoms with Gasteiger partial charge in [-0.25, -0.2) is 13.6 Å². The van der Waals surface area contributed by atoms with E-state index in [2.05, 4.69) is 10.3 Å². The van der Waals surface area contributed by atoms with E-state index in [-0.39, 0.29) is 29.3 Å². The van der Waals surface area contributed by atoms with E-state index in [0.29, 0.717) is 23.4 Å². The fourth-order valence-corrected chi connectivity index (χ4v) is 5.34. The summed E-state index contributed by atoms with van der Waals surface area (Å²) in [4.78, 5) is 41.9. The molecule has 1 aromatic heterocycles. The summed E-state index contributed by atoms with van der Waals surface area (Å²) in [6.07, 6.45) is 1.04. The number of nitrogens with zero attached hydrogens (tertiary/aromatic N) is 2. The smallest absolute Gasteiger partial charge is 0.405 e. The Morgan fingerprint density at radius 3 is 2.24 bits per heavy atom. The molecular formula is C31H34F2N4O4. The summed E-state index contributed by atoms with van der Waals surface area (Å²) in [6.45, 7) is 1.57. The average molecular weight is 565 g/mol. The van der Waals surface area contributed by atoms with Crippen LogP contribution in [0.2, 0.25) is 0 Å². The number of amides is 3. The molecule has 3 aromatic rings. The van der Waals surface area contributed by atoms with E-state index in [1.165, 1.54) is 12.1 Å². The number of alkyl halides is 2. The minimum Gasteiger partial charge on any atom is -0.465 e. The van der Waals surface area contributed by atoms with Crippen molar-refractivity contribution in [1.82, 2.24) is 15.2 Å². The first-order chi connectivity index (χ1) is 19.6. The number of hydrogen-bond donors (Lipinski definition) is 3. The number of carboxylic acid groups (broad SMARTS) is 1. The van der Waals surface area contributed by atoms with Crippen molar-refractivity contribution in [2.45, 2.75) is 57.5 Å². The number of halogens is 2. The molecular weight excluding hydrogens is 530 g/mol. The Kier molecular flexibility index (Phi) is 9.65. The zero-order valence-electron chi connectivity index (χ0n) is 23.0. The highest BCUT2D eigenvalue weighted by molar-refractivity contribution is 5.93. The van der Waals surface area contributed by atoms with Gasteiger partial charge in [0, 0.05) is 37.6 Å². The van der Waals surface area contributed by atoms with Crippen LogP contribution in [-0.4, -0.2) is 52.4 Å². The second kappa shape index (κ2) is 13.3. The monoisotopic (exact) mass is 564 g/mol. The highest BCUT2D eigenvalue weighted by Crippen LogP contribution is 2.34. The number of carbonyl (C=O) groups excluding carboxylic acids is 2. The van der Waals surface area contributed by atoms with Crippen LogP contribution in [0.25, 0.3) is 22.4 Å². The lowest BCUT2D eigenvalue weighted by Gasteiger charge is -2.34. The summed E-state index contributed by atoms with van der Waals surface area (Å²) in [5.74, 6) is 0.203. The van der Waals surface area contributed by atoms with E-state index in [4.69, 9.17) is 5.11 Å². The molecule has 3 N–H and O–H groups in total. The number of anilines is 1. The summed E-state index contributed by atoms with van der Waals surface area (Å²) < 4.78 is 26.9. The largest absolute Gasteiger partial charge is 0.465 e. The molecule has 0 unspecified atom stereocenters. The number of nitrogens with one attached hydrogen (secondary N) is 2. The highest BCUT2D eigenvalue weighted by atomic mass is 19.3. The Balaban J connectivity index is 1.51. The van der Waals surface area contributed by atoms with Gasteiger partial charge in [-0.1, -0.05) is 54.6 Å². The molecule has 1 fully saturated rings. The third-order valence-corrected chi connectivity index (χ3v) is 7.67. The Hall–Kier alpha value is -4.34. The predicted molar refractivity (Wildman–Crippen MR) is 152 cm³/mol. The first kappa shape index (κ1) is 29.6. The van der Waals surface area contributed by atoms with Gasteiger partial charge in [0.05, 0.1) is 17.6 Å². The maximum atomic E-state index is 13.4. The number of rotatable bonds is 9. The van der Waals surface area contributed by atoms with Crippen molar-refractivity contribution in [1.29, 1.82) is 0 Å². The lowest BCUT2D eigenvalue weighted by molar-refractivity contribution is -0.130. The molecule has 1 aliphatic carbocycles. The number of pyridine rings is 1. The summed E-state index contributed by atoms with van der Waals surface area (Å²) in [7, 11) is 1.83. The Labute approximate surface area is 237 Å². The van der Waals surface area contributed by atoms with Crippen molar-refractivity contribution in [3.8, 4) is 22.4 Å². The van der Waals surface area contributed by atoms with Gasteiger partial charge < -0.3 is 20.6 Å². The molecule has 1 saturated carbocycles. The minimum absolute atomic E-state index is 0.0554. The topological polar surface area (TPSA) is 112 Å². The zero-order chi connectivity index (χ0) is 29.5. The fraction of sp³-hybridized carbons (Fsp3) is 0.355. The third kappa shape index (κ3) is 7.65. The van der Waals surface area contributed by atoms with Crippen molar-refractivity contribution in [2.75, 3.05) is 12.4 Å². The molecule has 0 bridgehead atoms. The minimum atomic E-state index is -2.91. The number of benzene rings is 2. The van der Waals surface area contributed by atoms with Crippen molar-refractivity contribution in [3.05, 3.63) is 72.4 Å². The molecule has 10 heteroatoms. The van der Waals surface area contributed by atoms with Gasteiger partial charge in [0.25, 0.3) is 6.43 Å². The van der Waals surface area contributed by atoms with Gasteiger partial charge in [0.15, 0.2) is 0 Å². The highest BCUT2D eigenvalue weighted by Gasteiger charge is 2.27. The normalized spacial score (nSPS) is 17.5. The van der Waals surface area contributed by atoms with Crippen LogP contribution in [0.5, 0.6) is 0 Å². The molecule has 1 heterocycles. The molecule has 2 aromatic carbocycles. The van der Waals surface area contributed by atoms with Gasteiger partial charge in [-0.2, -0.15) is 0 Å². The van der Waals surface area contributed by atoms with E-state index >= 15 is 0 Å². The number of carbonyl (C=O) groups is 3. The molecule has 1 atom stereocenters. The van der Waals surface area contributed by atoms with Crippen molar-refractivity contribution < 1.29 is 28.3 Å². The Morgan fingerprint density at radius 2 is 1.66 bits per heavy atom. The molecule has 3 amide bonds. The van der Waals surface area contributed by atoms with E-state index in [0.717, 1.165) is 36.8 Å². The molecule has 8 nitrogen and oxygen atoms in total. The SMILES string of the molecule is CC(=O)N(C)[C@H]1CC[C@H](CC(=O)Nc2cnc(-c3ccc([C@H](NC(=O)O)C(F)F)cc3)c(-c3ccccc3)c2)CC1. The van der Waals surface area contributed by atoms with Crippen molar-refractivity contribution >= 4 is 23.6 Å². The standard InChI is InChI=1S/C31H34F2N4O4/c1-19(38)37(2)25-14-8-20(9-15-25)16-27(39)35-24-17-26(21-6-4-3-5-7-21)28(34-18-24)22-10-12-23(13-11-22)29(30(32)33)36-31(40)41/h3-7,10-13,17-18,20,25,29-30,36H,8-9,14-16H2,1-2H3,(H,35,39)(H,40,41)/t20-,25-,29-/m0/s1. The average Bonchev–Trinajstić information content (AvgIpc) is 2.96. The summed E-state index contributed by atoms with van der Waals surface area (Å²) in [5.41, 5.74) is 3.54. The van der Waals surface area contributed by atoms with Crippen LogP contribution in [0.3, 0.4) is 0 Å². The number of hydrogen-bond acceptors (Lipinski definition) is 4. The van der Waals surface area contributed by atoms with E-state index in [1.54, 1.807) is 30.2 Å². The maximum Gasteiger partial charge on any atom is 0.405 e. The molecule has 0 radical (unpaired) electrons. The molecule has 1 aliphatic rings.